The fourth-order valence-electron chi connectivity index (χ4n) is 3.65. The first-order chi connectivity index (χ1) is 6.61. The van der Waals surface area contributed by atoms with Crippen LogP contribution >= 0.6 is 0 Å². The van der Waals surface area contributed by atoms with Crippen LogP contribution in [0.2, 0.25) is 0 Å². The average Bonchev–Trinajstić information content (AvgIpc) is 2.59. The lowest BCUT2D eigenvalue weighted by Crippen LogP contribution is -2.26. The van der Waals surface area contributed by atoms with Crippen LogP contribution in [0.4, 0.5) is 0 Å². The Morgan fingerprint density at radius 2 is 1.29 bits per heavy atom. The van der Waals surface area contributed by atoms with Crippen molar-refractivity contribution in [1.82, 2.24) is 0 Å². The maximum Gasteiger partial charge on any atom is 0.00922 e. The molecule has 0 aromatic carbocycles. The lowest BCUT2D eigenvalue weighted by molar-refractivity contribution is 0.375. The molecule has 14 heavy (non-hydrogen) atoms. The van der Waals surface area contributed by atoms with Gasteiger partial charge in [0, 0.05) is 11.4 Å². The van der Waals surface area contributed by atoms with E-state index in [-0.39, 0.29) is 0 Å². The Morgan fingerprint density at radius 3 is 1.64 bits per heavy atom. The molecule has 78 valence electrons. The van der Waals surface area contributed by atoms with Gasteiger partial charge in [-0.3, -0.25) is 0 Å². The van der Waals surface area contributed by atoms with Crippen molar-refractivity contribution < 1.29 is 0 Å². The Kier molecular flexibility index (Phi) is 2.46. The molecular formula is C12H20N2. The second kappa shape index (κ2) is 3.48. The molecular weight excluding hydrogens is 172 g/mol. The van der Waals surface area contributed by atoms with E-state index in [0.29, 0.717) is 17.8 Å². The first kappa shape index (κ1) is 9.88. The topological polar surface area (TPSA) is 47.7 Å². The SMILES string of the molecule is CC(=N)C1CCC2CCC(C(C)=N)C21. The highest BCUT2D eigenvalue weighted by atomic mass is 14.6. The summed E-state index contributed by atoms with van der Waals surface area (Å²) < 4.78 is 0. The predicted octanol–water partition coefficient (Wildman–Crippen LogP) is 3.12. The molecule has 0 saturated heterocycles. The third kappa shape index (κ3) is 1.41. The van der Waals surface area contributed by atoms with Gasteiger partial charge >= 0.3 is 0 Å². The Hall–Kier alpha value is -0.660. The van der Waals surface area contributed by atoms with E-state index in [0.717, 1.165) is 17.3 Å². The van der Waals surface area contributed by atoms with Crippen LogP contribution in [0.1, 0.15) is 39.5 Å². The van der Waals surface area contributed by atoms with Crippen molar-refractivity contribution in [2.75, 3.05) is 0 Å². The van der Waals surface area contributed by atoms with Crippen molar-refractivity contribution >= 4 is 11.4 Å². The number of hydrogen-bond acceptors (Lipinski definition) is 2. The molecule has 0 bridgehead atoms. The molecule has 0 heterocycles. The molecule has 2 unspecified atom stereocenters. The summed E-state index contributed by atoms with van der Waals surface area (Å²) in [5.74, 6) is 2.45. The molecule has 2 nitrogen and oxygen atoms in total. The molecule has 2 N–H and O–H groups in total. The summed E-state index contributed by atoms with van der Waals surface area (Å²) in [6, 6.07) is 0. The Labute approximate surface area is 86.1 Å². The zero-order valence-electron chi connectivity index (χ0n) is 9.14. The minimum atomic E-state index is 0.493. The third-order valence-electron chi connectivity index (χ3n) is 4.28. The summed E-state index contributed by atoms with van der Waals surface area (Å²) in [4.78, 5) is 0. The van der Waals surface area contributed by atoms with Crippen LogP contribution in [-0.4, -0.2) is 11.4 Å². The van der Waals surface area contributed by atoms with Crippen molar-refractivity contribution in [3.63, 3.8) is 0 Å². The number of hydrogen-bond donors (Lipinski definition) is 2. The summed E-state index contributed by atoms with van der Waals surface area (Å²) in [6.07, 6.45) is 5.01. The van der Waals surface area contributed by atoms with Gasteiger partial charge in [0.2, 0.25) is 0 Å². The lowest BCUT2D eigenvalue weighted by atomic mass is 9.80. The van der Waals surface area contributed by atoms with Crippen molar-refractivity contribution in [2.45, 2.75) is 39.5 Å². The monoisotopic (exact) mass is 192 g/mol. The molecule has 0 radical (unpaired) electrons. The van der Waals surface area contributed by atoms with Crippen molar-refractivity contribution in [3.05, 3.63) is 0 Å². The van der Waals surface area contributed by atoms with E-state index in [1.54, 1.807) is 0 Å². The molecule has 0 aromatic rings. The summed E-state index contributed by atoms with van der Waals surface area (Å²) in [7, 11) is 0. The van der Waals surface area contributed by atoms with Gasteiger partial charge < -0.3 is 10.8 Å². The molecule has 2 rings (SSSR count). The van der Waals surface area contributed by atoms with Crippen LogP contribution in [0, 0.1) is 34.5 Å². The van der Waals surface area contributed by atoms with E-state index < -0.39 is 0 Å². The quantitative estimate of drug-likeness (QED) is 0.632. The van der Waals surface area contributed by atoms with E-state index >= 15 is 0 Å². The van der Waals surface area contributed by atoms with Crippen LogP contribution in [0.5, 0.6) is 0 Å². The van der Waals surface area contributed by atoms with E-state index in [1.807, 2.05) is 13.8 Å². The predicted molar refractivity (Wildman–Crippen MR) is 59.2 cm³/mol. The molecule has 2 aliphatic carbocycles. The van der Waals surface area contributed by atoms with Crippen LogP contribution in [0.3, 0.4) is 0 Å². The third-order valence-corrected chi connectivity index (χ3v) is 4.28. The van der Waals surface area contributed by atoms with Gasteiger partial charge in [-0.15, -0.1) is 0 Å². The first-order valence-electron chi connectivity index (χ1n) is 5.71. The van der Waals surface area contributed by atoms with Gasteiger partial charge in [-0.25, -0.2) is 0 Å². The van der Waals surface area contributed by atoms with Gasteiger partial charge in [-0.1, -0.05) is 0 Å². The molecule has 2 fully saturated rings. The largest absolute Gasteiger partial charge is 0.310 e. The smallest absolute Gasteiger partial charge is 0.00922 e. The van der Waals surface area contributed by atoms with Crippen LogP contribution in [0.15, 0.2) is 0 Å². The van der Waals surface area contributed by atoms with Gasteiger partial charge in [0.25, 0.3) is 0 Å². The van der Waals surface area contributed by atoms with E-state index in [1.165, 1.54) is 25.7 Å². The average molecular weight is 192 g/mol. The molecule has 0 aliphatic heterocycles. The fourth-order valence-corrected chi connectivity index (χ4v) is 3.65. The highest BCUT2D eigenvalue weighted by Crippen LogP contribution is 2.51. The molecule has 0 aromatic heterocycles. The minimum absolute atomic E-state index is 0.493. The van der Waals surface area contributed by atoms with E-state index in [9.17, 15) is 0 Å². The first-order valence-corrected chi connectivity index (χ1v) is 5.71. The zero-order chi connectivity index (χ0) is 10.3. The highest BCUT2D eigenvalue weighted by molar-refractivity contribution is 5.85. The fraction of sp³-hybridized carbons (Fsp3) is 0.833. The molecule has 2 atom stereocenters. The van der Waals surface area contributed by atoms with Gasteiger partial charge in [0.05, 0.1) is 0 Å². The van der Waals surface area contributed by atoms with Crippen LogP contribution in [0.25, 0.3) is 0 Å². The number of fused-ring (bicyclic) bond motifs is 1. The summed E-state index contributed by atoms with van der Waals surface area (Å²) in [6.45, 7) is 3.89. The molecule has 0 spiro atoms. The van der Waals surface area contributed by atoms with Gasteiger partial charge in [-0.05, 0) is 63.2 Å². The van der Waals surface area contributed by atoms with Crippen LogP contribution in [-0.2, 0) is 0 Å². The van der Waals surface area contributed by atoms with Gasteiger partial charge in [-0.2, -0.15) is 0 Å². The normalized spacial score (nSPS) is 41.0. The van der Waals surface area contributed by atoms with Gasteiger partial charge in [0.15, 0.2) is 0 Å². The Morgan fingerprint density at radius 1 is 0.857 bits per heavy atom. The maximum absolute atomic E-state index is 7.80. The zero-order valence-corrected chi connectivity index (χ0v) is 9.14. The minimum Gasteiger partial charge on any atom is -0.310 e. The van der Waals surface area contributed by atoms with Gasteiger partial charge in [0.1, 0.15) is 0 Å². The van der Waals surface area contributed by atoms with E-state index in [2.05, 4.69) is 0 Å². The summed E-state index contributed by atoms with van der Waals surface area (Å²) in [5, 5.41) is 15.6. The number of nitrogens with one attached hydrogen (secondary N) is 2. The van der Waals surface area contributed by atoms with Crippen LogP contribution < -0.4 is 0 Å². The Balaban J connectivity index is 2.19. The molecule has 2 heteroatoms. The van der Waals surface area contributed by atoms with Crippen molar-refractivity contribution in [3.8, 4) is 0 Å². The summed E-state index contributed by atoms with van der Waals surface area (Å²) in [5.41, 5.74) is 1.70. The second-order valence-electron chi connectivity index (χ2n) is 5.07. The number of rotatable bonds is 2. The highest BCUT2D eigenvalue weighted by Gasteiger charge is 2.46. The summed E-state index contributed by atoms with van der Waals surface area (Å²) >= 11 is 0. The molecule has 0 amide bonds. The standard InChI is InChI=1S/C12H20N2/c1-7(13)10-5-3-9-4-6-11(8(2)14)12(9)10/h9-14H,3-6H2,1-2H3. The van der Waals surface area contributed by atoms with E-state index in [4.69, 9.17) is 10.8 Å². The molecule has 2 saturated carbocycles. The van der Waals surface area contributed by atoms with Crippen molar-refractivity contribution in [2.24, 2.45) is 23.7 Å². The second-order valence-corrected chi connectivity index (χ2v) is 5.07. The maximum atomic E-state index is 7.80. The Bertz CT molecular complexity index is 243. The lowest BCUT2D eigenvalue weighted by Gasteiger charge is -2.24. The molecule has 2 aliphatic rings. The van der Waals surface area contributed by atoms with Crippen molar-refractivity contribution in [1.29, 1.82) is 10.8 Å².